The molecule has 0 spiro atoms. The van der Waals surface area contributed by atoms with Crippen LogP contribution in [0, 0.1) is 0 Å². The Balaban J connectivity index is 2.17. The first-order valence-electron chi connectivity index (χ1n) is 6.36. The number of aliphatic hydroxyl groups excluding tert-OH is 1. The van der Waals surface area contributed by atoms with E-state index in [4.69, 9.17) is 14.6 Å². The maximum Gasteiger partial charge on any atom is 0.333 e. The summed E-state index contributed by atoms with van der Waals surface area (Å²) in [7, 11) is 0. The second kappa shape index (κ2) is 9.16. The Hall–Kier alpha value is -1.81. The fraction of sp³-hybridized carbons (Fsp3) is 0.400. The summed E-state index contributed by atoms with van der Waals surface area (Å²) in [6.45, 7) is 2.21. The van der Waals surface area contributed by atoms with Gasteiger partial charge in [-0.05, 0) is 31.9 Å². The molecule has 19 heavy (non-hydrogen) atoms. The molecule has 0 saturated heterocycles. The highest BCUT2D eigenvalue weighted by molar-refractivity contribution is 5.87. The fourth-order valence-electron chi connectivity index (χ4n) is 1.44. The molecular weight excluding hydrogens is 244 g/mol. The molecule has 4 heteroatoms. The molecule has 0 aliphatic rings. The second-order valence-electron chi connectivity index (χ2n) is 4.05. The number of rotatable bonds is 8. The Morgan fingerprint density at radius 2 is 2.00 bits per heavy atom. The number of carbonyl (C=O) groups is 1. The molecule has 1 rings (SSSR count). The van der Waals surface area contributed by atoms with Gasteiger partial charge in [-0.3, -0.25) is 0 Å². The number of hydrogen-bond donors (Lipinski definition) is 1. The lowest BCUT2D eigenvalue weighted by Crippen LogP contribution is -2.09. The van der Waals surface area contributed by atoms with Gasteiger partial charge in [0.2, 0.25) is 0 Å². The van der Waals surface area contributed by atoms with E-state index < -0.39 is 0 Å². The van der Waals surface area contributed by atoms with E-state index in [1.54, 1.807) is 6.92 Å². The summed E-state index contributed by atoms with van der Waals surface area (Å²) in [6.07, 6.45) is 3.42. The van der Waals surface area contributed by atoms with Crippen molar-refractivity contribution in [2.75, 3.05) is 19.8 Å². The molecule has 1 N–H and O–H groups in total. The van der Waals surface area contributed by atoms with Gasteiger partial charge in [0.15, 0.2) is 0 Å². The van der Waals surface area contributed by atoms with E-state index in [1.807, 2.05) is 36.4 Å². The normalized spacial score (nSPS) is 11.2. The average Bonchev–Trinajstić information content (AvgIpc) is 2.45. The van der Waals surface area contributed by atoms with Gasteiger partial charge in [-0.15, -0.1) is 0 Å². The smallest absolute Gasteiger partial charge is 0.333 e. The summed E-state index contributed by atoms with van der Waals surface area (Å²) in [5, 5.41) is 8.54. The highest BCUT2D eigenvalue weighted by Crippen LogP contribution is 2.09. The lowest BCUT2D eigenvalue weighted by atomic mass is 10.2. The number of para-hydroxylation sites is 1. The monoisotopic (exact) mass is 264 g/mol. The zero-order valence-corrected chi connectivity index (χ0v) is 11.2. The van der Waals surface area contributed by atoms with Crippen molar-refractivity contribution in [3.8, 4) is 5.75 Å². The van der Waals surface area contributed by atoms with Gasteiger partial charge in [-0.2, -0.15) is 0 Å². The molecule has 0 amide bonds. The maximum absolute atomic E-state index is 11.4. The summed E-state index contributed by atoms with van der Waals surface area (Å²) in [5.41, 5.74) is 0.563. The molecule has 0 bridgehead atoms. The summed E-state index contributed by atoms with van der Waals surface area (Å²) in [5.74, 6) is 0.476. The Kier molecular flexibility index (Phi) is 7.35. The van der Waals surface area contributed by atoms with Crippen molar-refractivity contribution in [2.45, 2.75) is 19.8 Å². The van der Waals surface area contributed by atoms with Crippen LogP contribution in [0.1, 0.15) is 19.8 Å². The third-order valence-electron chi connectivity index (χ3n) is 2.46. The topological polar surface area (TPSA) is 55.8 Å². The standard InChI is InChI=1S/C15H20O4/c1-13(15(17)19-12-10-16)7-5-6-11-18-14-8-3-2-4-9-14/h2-4,7-9,16H,5-6,10-12H2,1H3. The van der Waals surface area contributed by atoms with Crippen LogP contribution in [-0.4, -0.2) is 30.9 Å². The lowest BCUT2D eigenvalue weighted by molar-refractivity contribution is -0.139. The fourth-order valence-corrected chi connectivity index (χ4v) is 1.44. The second-order valence-corrected chi connectivity index (χ2v) is 4.05. The molecule has 0 aliphatic carbocycles. The van der Waals surface area contributed by atoms with Gasteiger partial charge in [0, 0.05) is 5.57 Å². The summed E-state index contributed by atoms with van der Waals surface area (Å²) in [4.78, 5) is 11.4. The largest absolute Gasteiger partial charge is 0.494 e. The molecule has 0 unspecified atom stereocenters. The van der Waals surface area contributed by atoms with E-state index in [0.29, 0.717) is 12.2 Å². The summed E-state index contributed by atoms with van der Waals surface area (Å²) in [6, 6.07) is 9.62. The van der Waals surface area contributed by atoms with Crippen molar-refractivity contribution in [3.05, 3.63) is 42.0 Å². The van der Waals surface area contributed by atoms with Crippen LogP contribution in [0.4, 0.5) is 0 Å². The van der Waals surface area contributed by atoms with E-state index in [0.717, 1.165) is 18.6 Å². The minimum Gasteiger partial charge on any atom is -0.494 e. The molecule has 1 aromatic carbocycles. The molecule has 0 aliphatic heterocycles. The number of unbranched alkanes of at least 4 members (excludes halogenated alkanes) is 1. The minimum absolute atomic E-state index is 0.0428. The first-order valence-corrected chi connectivity index (χ1v) is 6.36. The van der Waals surface area contributed by atoms with Crippen LogP contribution in [0.2, 0.25) is 0 Å². The highest BCUT2D eigenvalue weighted by atomic mass is 16.5. The zero-order valence-electron chi connectivity index (χ0n) is 11.2. The van der Waals surface area contributed by atoms with Gasteiger partial charge in [0.25, 0.3) is 0 Å². The van der Waals surface area contributed by atoms with E-state index >= 15 is 0 Å². The quantitative estimate of drug-likeness (QED) is 0.445. The van der Waals surface area contributed by atoms with Crippen LogP contribution in [0.5, 0.6) is 5.75 Å². The van der Waals surface area contributed by atoms with Crippen LogP contribution in [0.15, 0.2) is 42.0 Å². The average molecular weight is 264 g/mol. The highest BCUT2D eigenvalue weighted by Gasteiger charge is 2.04. The number of hydrogen-bond acceptors (Lipinski definition) is 4. The zero-order chi connectivity index (χ0) is 13.9. The third kappa shape index (κ3) is 6.62. The number of aliphatic hydroxyl groups is 1. The molecule has 4 nitrogen and oxygen atoms in total. The molecule has 0 radical (unpaired) electrons. The molecule has 1 aromatic rings. The van der Waals surface area contributed by atoms with Crippen molar-refractivity contribution >= 4 is 5.97 Å². The lowest BCUT2D eigenvalue weighted by Gasteiger charge is -2.05. The van der Waals surface area contributed by atoms with Crippen LogP contribution >= 0.6 is 0 Å². The Morgan fingerprint density at radius 3 is 2.68 bits per heavy atom. The number of carbonyl (C=O) groups excluding carboxylic acids is 1. The Bertz CT molecular complexity index is 398. The van der Waals surface area contributed by atoms with Gasteiger partial charge < -0.3 is 14.6 Å². The SMILES string of the molecule is CC(=CCCCOc1ccccc1)C(=O)OCCO. The molecular formula is C15H20O4. The minimum atomic E-state index is -0.377. The van der Waals surface area contributed by atoms with Gasteiger partial charge in [-0.25, -0.2) is 4.79 Å². The molecule has 0 atom stereocenters. The number of allylic oxidation sites excluding steroid dienone is 1. The van der Waals surface area contributed by atoms with Crippen molar-refractivity contribution in [2.24, 2.45) is 0 Å². The number of benzene rings is 1. The van der Waals surface area contributed by atoms with E-state index in [2.05, 4.69) is 0 Å². The van der Waals surface area contributed by atoms with Gasteiger partial charge >= 0.3 is 5.97 Å². The first-order chi connectivity index (χ1) is 9.24. The number of ether oxygens (including phenoxy) is 2. The summed E-state index contributed by atoms with van der Waals surface area (Å²) < 4.78 is 10.3. The predicted molar refractivity (Wildman–Crippen MR) is 73.0 cm³/mol. The van der Waals surface area contributed by atoms with E-state index in [-0.39, 0.29) is 19.2 Å². The van der Waals surface area contributed by atoms with Crippen LogP contribution in [0.25, 0.3) is 0 Å². The molecule has 0 saturated carbocycles. The summed E-state index contributed by atoms with van der Waals surface area (Å²) >= 11 is 0. The van der Waals surface area contributed by atoms with E-state index in [1.165, 1.54) is 0 Å². The first kappa shape index (κ1) is 15.2. The van der Waals surface area contributed by atoms with Gasteiger partial charge in [0.1, 0.15) is 12.4 Å². The Morgan fingerprint density at radius 1 is 1.26 bits per heavy atom. The molecule has 0 heterocycles. The van der Waals surface area contributed by atoms with Crippen molar-refractivity contribution < 1.29 is 19.4 Å². The van der Waals surface area contributed by atoms with Crippen molar-refractivity contribution in [1.29, 1.82) is 0 Å². The predicted octanol–water partition coefficient (Wildman–Crippen LogP) is 2.33. The van der Waals surface area contributed by atoms with Gasteiger partial charge in [-0.1, -0.05) is 24.3 Å². The number of esters is 1. The van der Waals surface area contributed by atoms with Crippen LogP contribution in [0.3, 0.4) is 0 Å². The van der Waals surface area contributed by atoms with Crippen LogP contribution < -0.4 is 4.74 Å². The molecule has 0 aromatic heterocycles. The molecule has 104 valence electrons. The van der Waals surface area contributed by atoms with E-state index in [9.17, 15) is 4.79 Å². The van der Waals surface area contributed by atoms with Gasteiger partial charge in [0.05, 0.1) is 13.2 Å². The molecule has 0 fully saturated rings. The van der Waals surface area contributed by atoms with Crippen molar-refractivity contribution in [1.82, 2.24) is 0 Å². The third-order valence-corrected chi connectivity index (χ3v) is 2.46. The van der Waals surface area contributed by atoms with Crippen LogP contribution in [-0.2, 0) is 9.53 Å². The Labute approximate surface area is 113 Å². The van der Waals surface area contributed by atoms with Crippen molar-refractivity contribution in [3.63, 3.8) is 0 Å². The maximum atomic E-state index is 11.4.